The summed E-state index contributed by atoms with van der Waals surface area (Å²) in [5.41, 5.74) is 3.01. The lowest BCUT2D eigenvalue weighted by Crippen LogP contribution is -2.53. The molecular formula is C25H27N3O5. The standard InChI is InChI=1S/C25H27N3O5/c1-13-4-9-17-21(14(13)2)26-24(32)25(17)20-19(22(30)28(23(20)31)10-11-33-3)18(27-25)12-15-5-7-16(29)8-6-15/h4-9,18-20,27,29H,10-12H2,1-3H3,(H,26,32)/t18?,19-,20+,25?/m1/s1. The van der Waals surface area contributed by atoms with Gasteiger partial charge in [-0.1, -0.05) is 24.3 Å². The van der Waals surface area contributed by atoms with Crippen LogP contribution in [0.4, 0.5) is 5.69 Å². The van der Waals surface area contributed by atoms with E-state index in [0.717, 1.165) is 16.7 Å². The van der Waals surface area contributed by atoms with Crippen LogP contribution in [0.1, 0.15) is 22.3 Å². The molecule has 3 aliphatic heterocycles. The van der Waals surface area contributed by atoms with Crippen LogP contribution in [0.2, 0.25) is 0 Å². The fraction of sp³-hybridized carbons (Fsp3) is 0.400. The second kappa shape index (κ2) is 7.67. The van der Waals surface area contributed by atoms with Gasteiger partial charge in [0.2, 0.25) is 17.7 Å². The average Bonchev–Trinajstić information content (AvgIpc) is 3.36. The predicted molar refractivity (Wildman–Crippen MR) is 121 cm³/mol. The Balaban J connectivity index is 1.62. The highest BCUT2D eigenvalue weighted by Gasteiger charge is 2.70. The predicted octanol–water partition coefficient (Wildman–Crippen LogP) is 1.62. The molecule has 8 heteroatoms. The third kappa shape index (κ3) is 3.01. The number of nitrogens with one attached hydrogen (secondary N) is 2. The molecule has 8 nitrogen and oxygen atoms in total. The molecule has 5 rings (SSSR count). The lowest BCUT2D eigenvalue weighted by Gasteiger charge is -2.29. The van der Waals surface area contributed by atoms with Crippen LogP contribution in [0.15, 0.2) is 36.4 Å². The minimum atomic E-state index is -1.31. The third-order valence-corrected chi connectivity index (χ3v) is 7.42. The van der Waals surface area contributed by atoms with Crippen LogP contribution in [0, 0.1) is 25.7 Å². The van der Waals surface area contributed by atoms with Crippen LogP contribution in [0.5, 0.6) is 5.75 Å². The van der Waals surface area contributed by atoms with Gasteiger partial charge in [0, 0.05) is 24.4 Å². The summed E-state index contributed by atoms with van der Waals surface area (Å²) >= 11 is 0. The summed E-state index contributed by atoms with van der Waals surface area (Å²) in [6.07, 6.45) is 0.438. The summed E-state index contributed by atoms with van der Waals surface area (Å²) in [5.74, 6) is -2.29. The number of carbonyl (C=O) groups is 3. The zero-order chi connectivity index (χ0) is 23.5. The number of methoxy groups -OCH3 is 1. The molecule has 2 aromatic carbocycles. The van der Waals surface area contributed by atoms with Crippen LogP contribution >= 0.6 is 0 Å². The molecule has 4 atom stereocenters. The van der Waals surface area contributed by atoms with Gasteiger partial charge in [-0.15, -0.1) is 0 Å². The van der Waals surface area contributed by atoms with Crippen molar-refractivity contribution in [3.8, 4) is 5.75 Å². The normalized spacial score (nSPS) is 27.9. The summed E-state index contributed by atoms with van der Waals surface area (Å²) < 4.78 is 5.11. The van der Waals surface area contributed by atoms with Gasteiger partial charge >= 0.3 is 0 Å². The summed E-state index contributed by atoms with van der Waals surface area (Å²) in [6, 6.07) is 10.2. The molecule has 2 unspecified atom stereocenters. The summed E-state index contributed by atoms with van der Waals surface area (Å²) in [4.78, 5) is 41.9. The molecule has 3 amide bonds. The molecule has 0 aliphatic carbocycles. The average molecular weight is 450 g/mol. The molecule has 0 radical (unpaired) electrons. The molecule has 2 saturated heterocycles. The van der Waals surface area contributed by atoms with E-state index in [1.54, 1.807) is 24.3 Å². The number of rotatable bonds is 5. The van der Waals surface area contributed by atoms with Crippen LogP contribution < -0.4 is 10.6 Å². The molecule has 0 aromatic heterocycles. The number of likely N-dealkylation sites (tertiary alicyclic amines) is 1. The first-order chi connectivity index (χ1) is 15.8. The number of fused-ring (bicyclic) bond motifs is 4. The van der Waals surface area contributed by atoms with Crippen molar-refractivity contribution in [1.82, 2.24) is 10.2 Å². The SMILES string of the molecule is COCCN1C(=O)[C@@H]2C(Cc3ccc(O)cc3)NC3(C(=O)Nc4c3ccc(C)c4C)[C@@H]2C1=O. The second-order valence-electron chi connectivity index (χ2n) is 9.14. The Morgan fingerprint density at radius 2 is 1.79 bits per heavy atom. The summed E-state index contributed by atoms with van der Waals surface area (Å²) in [7, 11) is 1.52. The highest BCUT2D eigenvalue weighted by atomic mass is 16.5. The van der Waals surface area contributed by atoms with Gasteiger partial charge in [0.05, 0.1) is 25.0 Å². The third-order valence-electron chi connectivity index (χ3n) is 7.42. The number of benzene rings is 2. The zero-order valence-electron chi connectivity index (χ0n) is 18.8. The first kappa shape index (κ1) is 21.6. The molecule has 1 spiro atoms. The van der Waals surface area contributed by atoms with Crippen molar-refractivity contribution in [2.24, 2.45) is 11.8 Å². The fourth-order valence-electron chi connectivity index (χ4n) is 5.64. The monoisotopic (exact) mass is 449 g/mol. The van der Waals surface area contributed by atoms with Gasteiger partial charge in [-0.3, -0.25) is 24.6 Å². The maximum absolute atomic E-state index is 13.6. The van der Waals surface area contributed by atoms with Crippen molar-refractivity contribution in [1.29, 1.82) is 0 Å². The van der Waals surface area contributed by atoms with E-state index in [4.69, 9.17) is 4.74 Å². The second-order valence-corrected chi connectivity index (χ2v) is 9.14. The number of aromatic hydroxyl groups is 1. The van der Waals surface area contributed by atoms with Gasteiger partial charge < -0.3 is 15.2 Å². The van der Waals surface area contributed by atoms with Crippen LogP contribution in [0.25, 0.3) is 0 Å². The van der Waals surface area contributed by atoms with Crippen molar-refractivity contribution in [2.75, 3.05) is 25.6 Å². The number of anilines is 1. The van der Waals surface area contributed by atoms with Gasteiger partial charge in [-0.05, 0) is 49.1 Å². The lowest BCUT2D eigenvalue weighted by atomic mass is 9.75. The van der Waals surface area contributed by atoms with E-state index in [1.165, 1.54) is 12.0 Å². The van der Waals surface area contributed by atoms with E-state index in [2.05, 4.69) is 10.6 Å². The molecular weight excluding hydrogens is 422 g/mol. The molecule has 3 N–H and O–H groups in total. The first-order valence-corrected chi connectivity index (χ1v) is 11.1. The molecule has 2 fully saturated rings. The Morgan fingerprint density at radius 1 is 1.06 bits per heavy atom. The minimum absolute atomic E-state index is 0.153. The van der Waals surface area contributed by atoms with E-state index in [9.17, 15) is 19.5 Å². The van der Waals surface area contributed by atoms with E-state index in [0.29, 0.717) is 17.7 Å². The number of amides is 3. The number of imide groups is 1. The van der Waals surface area contributed by atoms with Crippen LogP contribution in [0.3, 0.4) is 0 Å². The molecule has 0 saturated carbocycles. The molecule has 2 aromatic rings. The highest BCUT2D eigenvalue weighted by molar-refractivity contribution is 6.15. The van der Waals surface area contributed by atoms with Gasteiger partial charge in [-0.2, -0.15) is 0 Å². The Bertz CT molecular complexity index is 1160. The number of hydrogen-bond acceptors (Lipinski definition) is 6. The van der Waals surface area contributed by atoms with E-state index in [1.807, 2.05) is 26.0 Å². The van der Waals surface area contributed by atoms with Crippen molar-refractivity contribution in [3.05, 3.63) is 58.7 Å². The number of phenolic OH excluding ortho intramolecular Hbond substituents is 1. The van der Waals surface area contributed by atoms with Crippen LogP contribution in [-0.4, -0.2) is 54.0 Å². The number of nitrogens with zero attached hydrogens (tertiary/aromatic N) is 1. The van der Waals surface area contributed by atoms with Crippen LogP contribution in [-0.2, 0) is 31.1 Å². The van der Waals surface area contributed by atoms with Crippen molar-refractivity contribution in [2.45, 2.75) is 31.8 Å². The summed E-state index contributed by atoms with van der Waals surface area (Å²) in [5, 5.41) is 16.1. The Kier molecular flexibility index (Phi) is 5.02. The molecule has 172 valence electrons. The minimum Gasteiger partial charge on any atom is -0.508 e. The Labute approximate surface area is 191 Å². The number of aryl methyl sites for hydroxylation is 1. The topological polar surface area (TPSA) is 108 Å². The highest BCUT2D eigenvalue weighted by Crippen LogP contribution is 2.54. The molecule has 3 aliphatic rings. The zero-order valence-corrected chi connectivity index (χ0v) is 18.8. The maximum atomic E-state index is 13.6. The maximum Gasteiger partial charge on any atom is 0.250 e. The van der Waals surface area contributed by atoms with E-state index in [-0.39, 0.29) is 36.6 Å². The smallest absolute Gasteiger partial charge is 0.250 e. The first-order valence-electron chi connectivity index (χ1n) is 11.1. The molecule has 0 bridgehead atoms. The lowest BCUT2D eigenvalue weighted by molar-refractivity contribution is -0.143. The number of ether oxygens (including phenoxy) is 1. The van der Waals surface area contributed by atoms with Crippen molar-refractivity contribution >= 4 is 23.4 Å². The quantitative estimate of drug-likeness (QED) is 0.599. The van der Waals surface area contributed by atoms with E-state index < -0.39 is 23.4 Å². The van der Waals surface area contributed by atoms with Crippen molar-refractivity contribution in [3.63, 3.8) is 0 Å². The largest absolute Gasteiger partial charge is 0.508 e. The van der Waals surface area contributed by atoms with Crippen molar-refractivity contribution < 1.29 is 24.2 Å². The number of phenols is 1. The van der Waals surface area contributed by atoms with E-state index >= 15 is 0 Å². The Hall–Kier alpha value is -3.23. The summed E-state index contributed by atoms with van der Waals surface area (Å²) in [6.45, 7) is 4.31. The number of hydrogen-bond donors (Lipinski definition) is 3. The van der Waals surface area contributed by atoms with Gasteiger partial charge in [0.15, 0.2) is 0 Å². The molecule has 3 heterocycles. The number of carbonyl (C=O) groups excluding carboxylic acids is 3. The van der Waals surface area contributed by atoms with Gasteiger partial charge in [-0.25, -0.2) is 0 Å². The fourth-order valence-corrected chi connectivity index (χ4v) is 5.64. The Morgan fingerprint density at radius 3 is 2.48 bits per heavy atom. The van der Waals surface area contributed by atoms with Gasteiger partial charge in [0.1, 0.15) is 11.3 Å². The molecule has 33 heavy (non-hydrogen) atoms. The van der Waals surface area contributed by atoms with Gasteiger partial charge in [0.25, 0.3) is 0 Å².